The summed E-state index contributed by atoms with van der Waals surface area (Å²) in [7, 11) is 3.00. The van der Waals surface area contributed by atoms with E-state index in [1.807, 2.05) is 25.1 Å². The summed E-state index contributed by atoms with van der Waals surface area (Å²) < 4.78 is 16.4. The summed E-state index contributed by atoms with van der Waals surface area (Å²) in [6.45, 7) is 6.54. The van der Waals surface area contributed by atoms with Crippen LogP contribution in [0.25, 0.3) is 0 Å². The quantitative estimate of drug-likeness (QED) is 0.416. The topological polar surface area (TPSA) is 106 Å². The molecule has 8 nitrogen and oxygen atoms in total. The molecule has 0 saturated carbocycles. The minimum Gasteiger partial charge on any atom is -0.496 e. The van der Waals surface area contributed by atoms with Crippen molar-refractivity contribution in [3.8, 4) is 17.2 Å². The number of methoxy groups -OCH3 is 2. The zero-order valence-corrected chi connectivity index (χ0v) is 19.2. The standard InChI is InChI=1S/C24H32N2O6/c1-15(2)9-8-12-32-22-14-19(18(23(27)28)13-21(22)31-5)26-24(29)25-16(3)17-10-6-7-11-20(17)30-4/h6-7,10-11,13-16H,8-9,12H2,1-5H3,(H,27,28)(H2,25,26,29)/t16-/m0/s1. The molecule has 0 aliphatic rings. The predicted octanol–water partition coefficient (Wildman–Crippen LogP) is 5.10. The molecule has 0 spiro atoms. The number of hydrogen-bond donors (Lipinski definition) is 3. The summed E-state index contributed by atoms with van der Waals surface area (Å²) in [4.78, 5) is 24.4. The number of carbonyl (C=O) groups excluding carboxylic acids is 1. The van der Waals surface area contributed by atoms with Crippen molar-refractivity contribution in [2.24, 2.45) is 5.92 Å². The third-order valence-corrected chi connectivity index (χ3v) is 4.92. The molecule has 0 fully saturated rings. The second-order valence-corrected chi connectivity index (χ2v) is 7.80. The van der Waals surface area contributed by atoms with Crippen molar-refractivity contribution in [1.29, 1.82) is 0 Å². The number of urea groups is 1. The van der Waals surface area contributed by atoms with Gasteiger partial charge in [0.2, 0.25) is 0 Å². The van der Waals surface area contributed by atoms with Gasteiger partial charge in [0.25, 0.3) is 0 Å². The van der Waals surface area contributed by atoms with Crippen LogP contribution in [0.5, 0.6) is 17.2 Å². The van der Waals surface area contributed by atoms with Gasteiger partial charge in [0, 0.05) is 17.7 Å². The van der Waals surface area contributed by atoms with Crippen LogP contribution in [0.15, 0.2) is 36.4 Å². The lowest BCUT2D eigenvalue weighted by Gasteiger charge is -2.19. The van der Waals surface area contributed by atoms with Crippen LogP contribution in [0.4, 0.5) is 10.5 Å². The Bertz CT molecular complexity index is 929. The molecule has 32 heavy (non-hydrogen) atoms. The number of amides is 2. The molecular weight excluding hydrogens is 412 g/mol. The molecule has 0 bridgehead atoms. The number of carboxylic acid groups (broad SMARTS) is 1. The average molecular weight is 445 g/mol. The van der Waals surface area contributed by atoms with Gasteiger partial charge in [-0.1, -0.05) is 32.0 Å². The lowest BCUT2D eigenvalue weighted by atomic mass is 10.1. The zero-order chi connectivity index (χ0) is 23.7. The number of carboxylic acids is 1. The first-order valence-corrected chi connectivity index (χ1v) is 10.5. The van der Waals surface area contributed by atoms with Gasteiger partial charge in [0.05, 0.1) is 38.1 Å². The van der Waals surface area contributed by atoms with Crippen LogP contribution in [0.3, 0.4) is 0 Å². The van der Waals surface area contributed by atoms with Crippen molar-refractivity contribution in [3.63, 3.8) is 0 Å². The SMILES string of the molecule is COc1cc(C(=O)O)c(NC(=O)N[C@@H](C)c2ccccc2OC)cc1OCCCC(C)C. The third kappa shape index (κ3) is 6.80. The van der Waals surface area contributed by atoms with E-state index >= 15 is 0 Å². The van der Waals surface area contributed by atoms with Gasteiger partial charge in [0.1, 0.15) is 5.75 Å². The molecule has 2 aromatic carbocycles. The Morgan fingerprint density at radius 1 is 1.00 bits per heavy atom. The number of nitrogens with one attached hydrogen (secondary N) is 2. The Morgan fingerprint density at radius 3 is 2.31 bits per heavy atom. The summed E-state index contributed by atoms with van der Waals surface area (Å²) in [5, 5.41) is 15.0. The van der Waals surface area contributed by atoms with Gasteiger partial charge in [-0.25, -0.2) is 9.59 Å². The smallest absolute Gasteiger partial charge is 0.337 e. The fourth-order valence-corrected chi connectivity index (χ4v) is 3.24. The van der Waals surface area contributed by atoms with E-state index < -0.39 is 12.0 Å². The first-order valence-electron chi connectivity index (χ1n) is 10.5. The Hall–Kier alpha value is -3.42. The zero-order valence-electron chi connectivity index (χ0n) is 19.2. The molecule has 0 unspecified atom stereocenters. The van der Waals surface area contributed by atoms with E-state index in [1.54, 1.807) is 13.2 Å². The molecule has 8 heteroatoms. The van der Waals surface area contributed by atoms with Crippen molar-refractivity contribution in [1.82, 2.24) is 5.32 Å². The summed E-state index contributed by atoms with van der Waals surface area (Å²) in [6, 6.07) is 9.25. The molecule has 0 radical (unpaired) electrons. The molecule has 0 heterocycles. The monoisotopic (exact) mass is 444 g/mol. The van der Waals surface area contributed by atoms with Crippen LogP contribution in [-0.2, 0) is 0 Å². The largest absolute Gasteiger partial charge is 0.496 e. The van der Waals surface area contributed by atoms with Crippen molar-refractivity contribution >= 4 is 17.7 Å². The number of rotatable bonds is 11. The van der Waals surface area contributed by atoms with Crippen LogP contribution in [0, 0.1) is 5.92 Å². The molecule has 2 rings (SSSR count). The van der Waals surface area contributed by atoms with Gasteiger partial charge >= 0.3 is 12.0 Å². The van der Waals surface area contributed by atoms with Crippen LogP contribution in [0.1, 0.15) is 55.6 Å². The first kappa shape index (κ1) is 24.8. The van der Waals surface area contributed by atoms with Crippen molar-refractivity contribution in [2.75, 3.05) is 26.1 Å². The maximum Gasteiger partial charge on any atom is 0.337 e. The maximum absolute atomic E-state index is 12.6. The predicted molar refractivity (Wildman–Crippen MR) is 123 cm³/mol. The minimum atomic E-state index is -1.19. The highest BCUT2D eigenvalue weighted by molar-refractivity contribution is 6.01. The molecular formula is C24H32N2O6. The molecule has 2 aromatic rings. The number of aromatic carboxylic acids is 1. The maximum atomic E-state index is 12.6. The van der Waals surface area contributed by atoms with Gasteiger partial charge in [0.15, 0.2) is 11.5 Å². The minimum absolute atomic E-state index is 0.100. The fraction of sp³-hybridized carbons (Fsp3) is 0.417. The van der Waals surface area contributed by atoms with E-state index in [0.29, 0.717) is 29.8 Å². The number of para-hydroxylation sites is 1. The molecule has 174 valence electrons. The molecule has 0 saturated heterocycles. The van der Waals surface area contributed by atoms with Gasteiger partial charge in [-0.3, -0.25) is 0 Å². The lowest BCUT2D eigenvalue weighted by Crippen LogP contribution is -2.32. The van der Waals surface area contributed by atoms with Crippen LogP contribution in [0.2, 0.25) is 0 Å². The summed E-state index contributed by atoms with van der Waals surface area (Å²) in [5.41, 5.74) is 0.811. The van der Waals surface area contributed by atoms with Gasteiger partial charge in [-0.15, -0.1) is 0 Å². The first-order chi connectivity index (χ1) is 15.3. The fourth-order valence-electron chi connectivity index (χ4n) is 3.24. The van der Waals surface area contributed by atoms with E-state index in [2.05, 4.69) is 24.5 Å². The van der Waals surface area contributed by atoms with E-state index in [4.69, 9.17) is 14.2 Å². The normalized spacial score (nSPS) is 11.6. The van der Waals surface area contributed by atoms with E-state index in [9.17, 15) is 14.7 Å². The van der Waals surface area contributed by atoms with Crippen molar-refractivity contribution in [2.45, 2.75) is 39.7 Å². The number of ether oxygens (including phenoxy) is 3. The molecule has 1 atom stereocenters. The second-order valence-electron chi connectivity index (χ2n) is 7.80. The van der Waals surface area contributed by atoms with Crippen LogP contribution < -0.4 is 24.8 Å². The Morgan fingerprint density at radius 2 is 1.69 bits per heavy atom. The third-order valence-electron chi connectivity index (χ3n) is 4.92. The van der Waals surface area contributed by atoms with Gasteiger partial charge < -0.3 is 30.0 Å². The highest BCUT2D eigenvalue weighted by Crippen LogP contribution is 2.34. The molecule has 0 aromatic heterocycles. The van der Waals surface area contributed by atoms with E-state index in [1.165, 1.54) is 19.2 Å². The molecule has 2 amide bonds. The average Bonchev–Trinajstić information content (AvgIpc) is 2.76. The number of anilines is 1. The number of carbonyl (C=O) groups is 2. The number of hydrogen-bond acceptors (Lipinski definition) is 5. The second kappa shape index (κ2) is 11.8. The highest BCUT2D eigenvalue weighted by atomic mass is 16.5. The highest BCUT2D eigenvalue weighted by Gasteiger charge is 2.20. The van der Waals surface area contributed by atoms with Crippen LogP contribution >= 0.6 is 0 Å². The van der Waals surface area contributed by atoms with E-state index in [0.717, 1.165) is 18.4 Å². The van der Waals surface area contributed by atoms with Gasteiger partial charge in [-0.05, 0) is 31.7 Å². The van der Waals surface area contributed by atoms with Crippen molar-refractivity contribution in [3.05, 3.63) is 47.5 Å². The summed E-state index contributed by atoms with van der Waals surface area (Å²) in [5.74, 6) is 0.673. The summed E-state index contributed by atoms with van der Waals surface area (Å²) in [6.07, 6.45) is 1.85. The van der Waals surface area contributed by atoms with Gasteiger partial charge in [-0.2, -0.15) is 0 Å². The van der Waals surface area contributed by atoms with Crippen LogP contribution in [-0.4, -0.2) is 37.9 Å². The summed E-state index contributed by atoms with van der Waals surface area (Å²) >= 11 is 0. The Kier molecular flexibility index (Phi) is 9.19. The lowest BCUT2D eigenvalue weighted by molar-refractivity contribution is 0.0697. The molecule has 0 aliphatic carbocycles. The van der Waals surface area contributed by atoms with E-state index in [-0.39, 0.29) is 17.3 Å². The molecule has 3 N–H and O–H groups in total. The molecule has 0 aliphatic heterocycles. The van der Waals surface area contributed by atoms with Crippen molar-refractivity contribution < 1.29 is 28.9 Å². The Balaban J connectivity index is 2.19. The Labute approximate surface area is 188 Å². The number of benzene rings is 2.